The van der Waals surface area contributed by atoms with Crippen LogP contribution in [0.25, 0.3) is 0 Å². The summed E-state index contributed by atoms with van der Waals surface area (Å²) in [5.74, 6) is 0.208. The van der Waals surface area contributed by atoms with Crippen LogP contribution >= 0.6 is 0 Å². The quantitative estimate of drug-likeness (QED) is 0.847. The molecule has 1 saturated heterocycles. The van der Waals surface area contributed by atoms with Gasteiger partial charge in [-0.1, -0.05) is 0 Å². The molecule has 19 heavy (non-hydrogen) atoms. The van der Waals surface area contributed by atoms with Crippen LogP contribution < -0.4 is 10.6 Å². The summed E-state index contributed by atoms with van der Waals surface area (Å²) < 4.78 is 4.71. The van der Waals surface area contributed by atoms with Crippen molar-refractivity contribution in [2.75, 3.05) is 25.1 Å². The molecule has 1 aromatic carbocycles. The average Bonchev–Trinajstić information content (AvgIpc) is 2.72. The van der Waals surface area contributed by atoms with Gasteiger partial charge >= 0.3 is 5.97 Å². The van der Waals surface area contributed by atoms with Crippen LogP contribution in [-0.4, -0.2) is 31.7 Å². The number of anilines is 1. The molecule has 4 nitrogen and oxygen atoms in total. The van der Waals surface area contributed by atoms with Crippen LogP contribution in [0.2, 0.25) is 0 Å². The van der Waals surface area contributed by atoms with Crippen molar-refractivity contribution in [3.05, 3.63) is 29.8 Å². The summed E-state index contributed by atoms with van der Waals surface area (Å²) >= 11 is 0. The Balaban J connectivity index is 2.21. The number of esters is 1. The molecule has 1 atom stereocenters. The number of methoxy groups -OCH3 is 1. The van der Waals surface area contributed by atoms with Gasteiger partial charge in [0.05, 0.1) is 12.7 Å². The highest BCUT2D eigenvalue weighted by atomic mass is 16.5. The second-order valence-electron chi connectivity index (χ2n) is 5.57. The van der Waals surface area contributed by atoms with Gasteiger partial charge in [-0.2, -0.15) is 0 Å². The number of benzene rings is 1. The van der Waals surface area contributed by atoms with E-state index in [1.165, 1.54) is 7.11 Å². The number of nitrogens with two attached hydrogens (primary N) is 1. The fraction of sp³-hybridized carbons (Fsp3) is 0.533. The molecule has 2 N–H and O–H groups in total. The number of nitrogens with zero attached hydrogens (tertiary/aromatic N) is 1. The summed E-state index contributed by atoms with van der Waals surface area (Å²) in [6.07, 6.45) is 1.11. The highest BCUT2D eigenvalue weighted by Crippen LogP contribution is 2.37. The van der Waals surface area contributed by atoms with Crippen LogP contribution in [0.5, 0.6) is 0 Å². The first-order valence-corrected chi connectivity index (χ1v) is 6.66. The molecular weight excluding hydrogens is 240 g/mol. The van der Waals surface area contributed by atoms with Gasteiger partial charge in [0, 0.05) is 17.8 Å². The molecule has 1 aliphatic heterocycles. The Bertz CT molecular complexity index is 454. The second kappa shape index (κ2) is 5.21. The Kier molecular flexibility index (Phi) is 3.80. The molecule has 104 valence electrons. The minimum Gasteiger partial charge on any atom is -0.465 e. The van der Waals surface area contributed by atoms with Crippen molar-refractivity contribution in [2.45, 2.75) is 25.8 Å². The number of carbonyl (C=O) groups is 1. The van der Waals surface area contributed by atoms with Gasteiger partial charge in [0.25, 0.3) is 0 Å². The van der Waals surface area contributed by atoms with E-state index in [0.717, 1.165) is 18.7 Å². The zero-order valence-corrected chi connectivity index (χ0v) is 11.8. The lowest BCUT2D eigenvalue weighted by atomic mass is 9.88. The molecule has 1 aliphatic rings. The van der Waals surface area contributed by atoms with Crippen LogP contribution in [0.15, 0.2) is 24.3 Å². The fourth-order valence-corrected chi connectivity index (χ4v) is 2.91. The number of rotatable bonds is 3. The Morgan fingerprint density at radius 2 is 2.05 bits per heavy atom. The van der Waals surface area contributed by atoms with Gasteiger partial charge in [-0.25, -0.2) is 4.79 Å². The Morgan fingerprint density at radius 3 is 2.53 bits per heavy atom. The van der Waals surface area contributed by atoms with E-state index in [2.05, 4.69) is 18.7 Å². The van der Waals surface area contributed by atoms with Gasteiger partial charge in [0.15, 0.2) is 0 Å². The van der Waals surface area contributed by atoms with Gasteiger partial charge in [-0.15, -0.1) is 0 Å². The molecule has 0 spiro atoms. The zero-order chi connectivity index (χ0) is 14.0. The minimum atomic E-state index is -0.299. The standard InChI is InChI=1S/C15H22N2O2/c1-15(2)12(10-16)8-9-17(15)13-6-4-11(5-7-13)14(18)19-3/h4-7,12H,8-10,16H2,1-3H3. The third-order valence-corrected chi connectivity index (χ3v) is 4.28. The molecule has 1 aromatic rings. The van der Waals surface area contributed by atoms with Crippen molar-refractivity contribution in [2.24, 2.45) is 11.7 Å². The van der Waals surface area contributed by atoms with Crippen molar-refractivity contribution in [3.8, 4) is 0 Å². The van der Waals surface area contributed by atoms with Crippen LogP contribution in [-0.2, 0) is 4.74 Å². The van der Waals surface area contributed by atoms with E-state index in [1.807, 2.05) is 24.3 Å². The summed E-state index contributed by atoms with van der Waals surface area (Å²) in [6, 6.07) is 7.58. The molecular formula is C15H22N2O2. The van der Waals surface area contributed by atoms with E-state index in [0.29, 0.717) is 18.0 Å². The van der Waals surface area contributed by atoms with Crippen molar-refractivity contribution >= 4 is 11.7 Å². The molecule has 1 heterocycles. The monoisotopic (exact) mass is 262 g/mol. The lowest BCUT2D eigenvalue weighted by Crippen LogP contribution is -2.44. The van der Waals surface area contributed by atoms with Gasteiger partial charge in [-0.3, -0.25) is 0 Å². The Labute approximate surface area is 114 Å². The number of ether oxygens (including phenoxy) is 1. The van der Waals surface area contributed by atoms with Crippen LogP contribution in [0.4, 0.5) is 5.69 Å². The Morgan fingerprint density at radius 1 is 1.42 bits per heavy atom. The highest BCUT2D eigenvalue weighted by molar-refractivity contribution is 5.89. The summed E-state index contributed by atoms with van der Waals surface area (Å²) in [4.78, 5) is 13.8. The number of carbonyl (C=O) groups excluding carboxylic acids is 1. The third kappa shape index (κ3) is 2.45. The second-order valence-corrected chi connectivity index (χ2v) is 5.57. The zero-order valence-electron chi connectivity index (χ0n) is 11.8. The van der Waals surface area contributed by atoms with Crippen molar-refractivity contribution in [1.82, 2.24) is 0 Å². The van der Waals surface area contributed by atoms with Gasteiger partial charge in [0.1, 0.15) is 0 Å². The summed E-state index contributed by atoms with van der Waals surface area (Å²) in [5.41, 5.74) is 7.62. The highest BCUT2D eigenvalue weighted by Gasteiger charge is 2.40. The van der Waals surface area contributed by atoms with Crippen LogP contribution in [0.3, 0.4) is 0 Å². The lowest BCUT2D eigenvalue weighted by Gasteiger charge is -2.37. The van der Waals surface area contributed by atoms with E-state index in [4.69, 9.17) is 10.5 Å². The maximum Gasteiger partial charge on any atom is 0.337 e. The third-order valence-electron chi connectivity index (χ3n) is 4.28. The van der Waals surface area contributed by atoms with Crippen LogP contribution in [0.1, 0.15) is 30.6 Å². The first kappa shape index (κ1) is 13.9. The van der Waals surface area contributed by atoms with Crippen LogP contribution in [0, 0.1) is 5.92 Å². The topological polar surface area (TPSA) is 55.6 Å². The van der Waals surface area contributed by atoms with Gasteiger partial charge < -0.3 is 15.4 Å². The molecule has 1 unspecified atom stereocenters. The first-order valence-electron chi connectivity index (χ1n) is 6.66. The smallest absolute Gasteiger partial charge is 0.337 e. The van der Waals surface area contributed by atoms with Gasteiger partial charge in [0.2, 0.25) is 0 Å². The molecule has 0 amide bonds. The summed E-state index contributed by atoms with van der Waals surface area (Å²) in [6.45, 7) is 6.17. The van der Waals surface area contributed by atoms with E-state index in [-0.39, 0.29) is 11.5 Å². The van der Waals surface area contributed by atoms with Gasteiger partial charge in [-0.05, 0) is 57.0 Å². The Hall–Kier alpha value is -1.55. The molecule has 0 bridgehead atoms. The number of hydrogen-bond acceptors (Lipinski definition) is 4. The maximum absolute atomic E-state index is 11.4. The predicted molar refractivity (Wildman–Crippen MR) is 76.4 cm³/mol. The van der Waals surface area contributed by atoms with E-state index in [9.17, 15) is 4.79 Å². The summed E-state index contributed by atoms with van der Waals surface area (Å²) in [5, 5.41) is 0. The first-order chi connectivity index (χ1) is 9.00. The number of hydrogen-bond donors (Lipinski definition) is 1. The molecule has 2 rings (SSSR count). The molecule has 0 aromatic heterocycles. The lowest BCUT2D eigenvalue weighted by molar-refractivity contribution is 0.0601. The normalized spacial score (nSPS) is 21.5. The maximum atomic E-state index is 11.4. The molecule has 1 fully saturated rings. The summed E-state index contributed by atoms with van der Waals surface area (Å²) in [7, 11) is 1.39. The SMILES string of the molecule is COC(=O)c1ccc(N2CCC(CN)C2(C)C)cc1. The molecule has 0 radical (unpaired) electrons. The van der Waals surface area contributed by atoms with Crippen molar-refractivity contribution < 1.29 is 9.53 Å². The molecule has 0 aliphatic carbocycles. The van der Waals surface area contributed by atoms with Crippen molar-refractivity contribution in [1.29, 1.82) is 0 Å². The van der Waals surface area contributed by atoms with E-state index in [1.54, 1.807) is 0 Å². The predicted octanol–water partition coefficient (Wildman–Crippen LogP) is 2.04. The minimum absolute atomic E-state index is 0.0571. The van der Waals surface area contributed by atoms with Crippen molar-refractivity contribution in [3.63, 3.8) is 0 Å². The fourth-order valence-electron chi connectivity index (χ4n) is 2.91. The van der Waals surface area contributed by atoms with E-state index >= 15 is 0 Å². The average molecular weight is 262 g/mol. The van der Waals surface area contributed by atoms with E-state index < -0.39 is 0 Å². The molecule has 0 saturated carbocycles. The molecule has 4 heteroatoms. The largest absolute Gasteiger partial charge is 0.465 e.